The predicted octanol–water partition coefficient (Wildman–Crippen LogP) is 1.47. The molecular weight excluding hydrogens is 422 g/mol. The maximum atomic E-state index is 11.4. The summed E-state index contributed by atoms with van der Waals surface area (Å²) >= 11 is 0. The Kier molecular flexibility index (Phi) is 6.71. The van der Waals surface area contributed by atoms with Crippen molar-refractivity contribution in [2.75, 3.05) is 51.9 Å². The number of ether oxygens (including phenoxy) is 4. The average molecular weight is 456 g/mol. The van der Waals surface area contributed by atoms with E-state index in [-0.39, 0.29) is 18.2 Å². The van der Waals surface area contributed by atoms with Gasteiger partial charge in [0.2, 0.25) is 0 Å². The largest absolute Gasteiger partial charge is 0.496 e. The Morgan fingerprint density at radius 1 is 0.970 bits per heavy atom. The highest BCUT2D eigenvalue weighted by molar-refractivity contribution is 5.58. The second-order valence-electron chi connectivity index (χ2n) is 8.77. The van der Waals surface area contributed by atoms with Gasteiger partial charge >= 0.3 is 0 Å². The molecule has 3 aliphatic heterocycles. The Balaban J connectivity index is 1.25. The zero-order valence-electron chi connectivity index (χ0n) is 19.2. The molecule has 0 unspecified atom stereocenters. The minimum atomic E-state index is -0.594. The quantitative estimate of drug-likeness (QED) is 0.650. The molecule has 2 N–H and O–H groups in total. The van der Waals surface area contributed by atoms with Gasteiger partial charge in [0, 0.05) is 38.3 Å². The van der Waals surface area contributed by atoms with Crippen molar-refractivity contribution in [3.63, 3.8) is 0 Å². The molecule has 3 saturated heterocycles. The van der Waals surface area contributed by atoms with Gasteiger partial charge in [-0.25, -0.2) is 0 Å². The van der Waals surface area contributed by atoms with E-state index in [0.29, 0.717) is 13.2 Å². The zero-order chi connectivity index (χ0) is 22.8. The van der Waals surface area contributed by atoms with Gasteiger partial charge in [0.05, 0.1) is 44.7 Å². The van der Waals surface area contributed by atoms with Gasteiger partial charge < -0.3 is 34.3 Å². The van der Waals surface area contributed by atoms with E-state index in [2.05, 4.69) is 21.2 Å². The lowest BCUT2D eigenvalue weighted by atomic mass is 9.94. The van der Waals surface area contributed by atoms with Crippen LogP contribution in [-0.2, 0) is 16.0 Å². The summed E-state index contributed by atoms with van der Waals surface area (Å²) in [5, 5.41) is 14.9. The summed E-state index contributed by atoms with van der Waals surface area (Å²) in [5.74, 6) is 1.72. The van der Waals surface area contributed by atoms with E-state index in [1.165, 1.54) is 0 Å². The second-order valence-corrected chi connectivity index (χ2v) is 8.77. The highest BCUT2D eigenvalue weighted by Gasteiger charge is 2.52. The summed E-state index contributed by atoms with van der Waals surface area (Å²) in [6.07, 6.45) is -1.15. The first-order valence-corrected chi connectivity index (χ1v) is 11.6. The van der Waals surface area contributed by atoms with Crippen molar-refractivity contribution in [1.82, 2.24) is 10.2 Å². The Morgan fingerprint density at radius 2 is 1.67 bits per heavy atom. The number of hydrogen-bond donors (Lipinski definition) is 2. The number of fused-ring (bicyclic) bond motifs is 2. The fraction of sp³-hybridized carbons (Fsp3) is 0.520. The monoisotopic (exact) mass is 455 g/mol. The van der Waals surface area contributed by atoms with Crippen molar-refractivity contribution in [2.24, 2.45) is 0 Å². The number of methoxy groups -OCH3 is 2. The van der Waals surface area contributed by atoms with Gasteiger partial charge in [0.25, 0.3) is 0 Å². The lowest BCUT2D eigenvalue weighted by Gasteiger charge is -2.47. The van der Waals surface area contributed by atoms with Crippen LogP contribution in [0.5, 0.6) is 11.5 Å². The number of benzene rings is 2. The zero-order valence-corrected chi connectivity index (χ0v) is 19.2. The van der Waals surface area contributed by atoms with Crippen LogP contribution in [0.2, 0.25) is 0 Å². The molecule has 0 spiro atoms. The second kappa shape index (κ2) is 9.87. The van der Waals surface area contributed by atoms with Crippen LogP contribution in [-0.4, -0.2) is 87.6 Å². The topological polar surface area (TPSA) is 75.7 Å². The number of nitrogens with zero attached hydrogens (tertiary/aromatic N) is 2. The lowest BCUT2D eigenvalue weighted by Crippen LogP contribution is -2.66. The minimum Gasteiger partial charge on any atom is -0.496 e. The number of nitrogens with one attached hydrogen (secondary N) is 1. The fourth-order valence-electron chi connectivity index (χ4n) is 5.27. The number of rotatable bonds is 7. The standard InChI is InChI=1S/C25H33N3O5/c1-30-19-9-5-3-7-17(19)15-26-22-21-16-32-25(33-21)23(24(22)29)28-13-11-27(12-14-28)18-8-4-6-10-20(18)31-2/h3-10,21-26,29H,11-16H2,1-2H3/t21-,22-,23+,24-,25+/m0/s1. The van der Waals surface area contributed by atoms with Crippen molar-refractivity contribution >= 4 is 5.69 Å². The summed E-state index contributed by atoms with van der Waals surface area (Å²) in [6.45, 7) is 4.39. The van der Waals surface area contributed by atoms with Gasteiger partial charge in [-0.3, -0.25) is 4.90 Å². The van der Waals surface area contributed by atoms with Crippen molar-refractivity contribution in [3.8, 4) is 11.5 Å². The molecule has 8 heteroatoms. The highest BCUT2D eigenvalue weighted by Crippen LogP contribution is 2.34. The van der Waals surface area contributed by atoms with Gasteiger partial charge in [0.15, 0.2) is 6.29 Å². The van der Waals surface area contributed by atoms with E-state index in [1.807, 2.05) is 42.5 Å². The van der Waals surface area contributed by atoms with Crippen LogP contribution in [0.4, 0.5) is 5.69 Å². The molecule has 0 aliphatic carbocycles. The molecule has 3 fully saturated rings. The van der Waals surface area contributed by atoms with Gasteiger partial charge in [-0.2, -0.15) is 0 Å². The van der Waals surface area contributed by atoms with Crippen molar-refractivity contribution in [2.45, 2.75) is 37.1 Å². The van der Waals surface area contributed by atoms with Gasteiger partial charge in [-0.05, 0) is 18.2 Å². The maximum Gasteiger partial charge on any atom is 0.176 e. The van der Waals surface area contributed by atoms with Crippen LogP contribution in [0.25, 0.3) is 0 Å². The third-order valence-corrected chi connectivity index (χ3v) is 7.01. The first-order valence-electron chi connectivity index (χ1n) is 11.6. The maximum absolute atomic E-state index is 11.4. The summed E-state index contributed by atoms with van der Waals surface area (Å²) in [6, 6.07) is 15.6. The van der Waals surface area contributed by atoms with Crippen LogP contribution < -0.4 is 19.7 Å². The molecule has 178 valence electrons. The van der Waals surface area contributed by atoms with E-state index < -0.39 is 12.4 Å². The molecule has 0 saturated carbocycles. The number of para-hydroxylation sites is 3. The molecule has 0 amide bonds. The molecule has 2 aromatic rings. The van der Waals surface area contributed by atoms with Crippen LogP contribution >= 0.6 is 0 Å². The molecule has 0 aromatic heterocycles. The smallest absolute Gasteiger partial charge is 0.176 e. The number of piperazine rings is 1. The third-order valence-electron chi connectivity index (χ3n) is 7.01. The molecule has 8 nitrogen and oxygen atoms in total. The Hall–Kier alpha value is -2.36. The van der Waals surface area contributed by atoms with E-state index in [4.69, 9.17) is 18.9 Å². The molecule has 2 bridgehead atoms. The van der Waals surface area contributed by atoms with Crippen LogP contribution in [0.1, 0.15) is 5.56 Å². The van der Waals surface area contributed by atoms with Crippen molar-refractivity contribution in [1.29, 1.82) is 0 Å². The molecule has 33 heavy (non-hydrogen) atoms. The Morgan fingerprint density at radius 3 is 2.42 bits per heavy atom. The molecule has 5 rings (SSSR count). The number of anilines is 1. The molecule has 0 radical (unpaired) electrons. The normalized spacial score (nSPS) is 29.8. The lowest BCUT2D eigenvalue weighted by molar-refractivity contribution is -0.183. The molecule has 5 atom stereocenters. The molecule has 3 heterocycles. The first-order chi connectivity index (χ1) is 16.2. The molecule has 2 aromatic carbocycles. The van der Waals surface area contributed by atoms with E-state index in [0.717, 1.165) is 48.9 Å². The Labute approximate surface area is 195 Å². The summed E-state index contributed by atoms with van der Waals surface area (Å²) in [4.78, 5) is 4.64. The molecular formula is C25H33N3O5. The SMILES string of the molecule is COc1ccccc1CN[C@@H]1[C@H](O)[C@@H](N2CCN(c3ccccc3OC)CC2)[C@@H]2OC[C@@H]1O2. The van der Waals surface area contributed by atoms with Crippen LogP contribution in [0, 0.1) is 0 Å². The van der Waals surface area contributed by atoms with Crippen molar-refractivity contribution in [3.05, 3.63) is 54.1 Å². The first kappa shape index (κ1) is 22.4. The molecule has 3 aliphatic rings. The number of aliphatic hydroxyl groups excluding tert-OH is 1. The summed E-state index contributed by atoms with van der Waals surface area (Å²) < 4.78 is 23.2. The third kappa shape index (κ3) is 4.41. The summed E-state index contributed by atoms with van der Waals surface area (Å²) in [5.41, 5.74) is 2.16. The van der Waals surface area contributed by atoms with Crippen LogP contribution in [0.3, 0.4) is 0 Å². The van der Waals surface area contributed by atoms with E-state index in [1.54, 1.807) is 14.2 Å². The van der Waals surface area contributed by atoms with Gasteiger partial charge in [-0.15, -0.1) is 0 Å². The predicted molar refractivity (Wildman–Crippen MR) is 125 cm³/mol. The average Bonchev–Trinajstić information content (AvgIpc) is 3.29. The number of aliphatic hydroxyl groups is 1. The van der Waals surface area contributed by atoms with E-state index >= 15 is 0 Å². The Bertz CT molecular complexity index is 936. The van der Waals surface area contributed by atoms with Gasteiger partial charge in [0.1, 0.15) is 17.6 Å². The highest BCUT2D eigenvalue weighted by atomic mass is 16.7. The minimum absolute atomic E-state index is 0.161. The number of hydrogen-bond acceptors (Lipinski definition) is 8. The van der Waals surface area contributed by atoms with Crippen molar-refractivity contribution < 1.29 is 24.1 Å². The van der Waals surface area contributed by atoms with Gasteiger partial charge in [-0.1, -0.05) is 30.3 Å². The summed E-state index contributed by atoms with van der Waals surface area (Å²) in [7, 11) is 3.38. The van der Waals surface area contributed by atoms with E-state index in [9.17, 15) is 5.11 Å². The fourth-order valence-corrected chi connectivity index (χ4v) is 5.27. The van der Waals surface area contributed by atoms with Crippen LogP contribution in [0.15, 0.2) is 48.5 Å².